The van der Waals surface area contributed by atoms with Crippen LogP contribution in [0.3, 0.4) is 0 Å². The minimum Gasteiger partial charge on any atom is -0.508 e. The Morgan fingerprint density at radius 1 is 1.08 bits per heavy atom. The average Bonchev–Trinajstić information content (AvgIpc) is 3.06. The van der Waals surface area contributed by atoms with Crippen molar-refractivity contribution in [1.82, 2.24) is 4.48 Å². The molecule has 4 rings (SSSR count). The third-order valence-electron chi connectivity index (χ3n) is 4.93. The van der Waals surface area contributed by atoms with Gasteiger partial charge in [0.2, 0.25) is 0 Å². The quantitative estimate of drug-likeness (QED) is 0.814. The zero-order valence-electron chi connectivity index (χ0n) is 14.7. The molecular weight excluding hydrogens is 330 g/mol. The predicted molar refractivity (Wildman–Crippen MR) is 107 cm³/mol. The van der Waals surface area contributed by atoms with Gasteiger partial charge in [-0.2, -0.15) is 4.99 Å². The number of quaternary nitrogens is 1. The first-order valence-corrected chi connectivity index (χ1v) is 9.42. The Labute approximate surface area is 152 Å². The van der Waals surface area contributed by atoms with Gasteiger partial charge in [0.15, 0.2) is 5.69 Å². The third kappa shape index (κ3) is 2.55. The highest BCUT2D eigenvalue weighted by Crippen LogP contribution is 2.50. The Morgan fingerprint density at radius 2 is 1.80 bits per heavy atom. The van der Waals surface area contributed by atoms with E-state index in [-0.39, 0.29) is 0 Å². The second-order valence-corrected chi connectivity index (χ2v) is 7.47. The largest absolute Gasteiger partial charge is 0.508 e. The number of benzene rings is 2. The monoisotopic (exact) mass is 352 g/mol. The van der Waals surface area contributed by atoms with Gasteiger partial charge in [0, 0.05) is 36.5 Å². The highest BCUT2D eigenvalue weighted by atomic mass is 32.2. The van der Waals surface area contributed by atoms with E-state index in [9.17, 15) is 5.11 Å². The predicted octanol–water partition coefficient (Wildman–Crippen LogP) is 4.65. The average molecular weight is 352 g/mol. The van der Waals surface area contributed by atoms with E-state index in [1.807, 2.05) is 12.1 Å². The zero-order valence-corrected chi connectivity index (χ0v) is 15.5. The van der Waals surface area contributed by atoms with Gasteiger partial charge in [-0.15, -0.1) is 0 Å². The molecule has 1 unspecified atom stereocenters. The molecular formula is C20H22N3OS+. The van der Waals surface area contributed by atoms with Gasteiger partial charge in [0.25, 0.3) is 5.17 Å². The number of hydrogen-bond acceptors (Lipinski definition) is 4. The molecule has 0 bridgehead atoms. The summed E-state index contributed by atoms with van der Waals surface area (Å²) >= 11 is 1.64. The molecule has 0 amide bonds. The highest BCUT2D eigenvalue weighted by Gasteiger charge is 2.45. The van der Waals surface area contributed by atoms with Crippen molar-refractivity contribution >= 4 is 34.0 Å². The number of amidine groups is 1. The normalized spacial score (nSPS) is 20.8. The maximum absolute atomic E-state index is 9.71. The number of rotatable bonds is 4. The summed E-state index contributed by atoms with van der Waals surface area (Å²) in [5.41, 5.74) is 4.56. The van der Waals surface area contributed by atoms with E-state index >= 15 is 0 Å². The molecule has 0 saturated heterocycles. The lowest BCUT2D eigenvalue weighted by atomic mass is 10.1. The maximum atomic E-state index is 9.71. The van der Waals surface area contributed by atoms with Gasteiger partial charge >= 0.3 is 0 Å². The number of aromatic hydroxyl groups is 1. The van der Waals surface area contributed by atoms with Crippen molar-refractivity contribution < 1.29 is 5.11 Å². The number of fused-ring (bicyclic) bond motifs is 3. The number of nitrogens with zero attached hydrogens (tertiary/aromatic N) is 3. The minimum atomic E-state index is 0.302. The van der Waals surface area contributed by atoms with Crippen LogP contribution >= 0.6 is 11.8 Å². The molecule has 128 valence electrons. The Bertz CT molecular complexity index is 884. The summed E-state index contributed by atoms with van der Waals surface area (Å²) in [7, 11) is 2.14. The van der Waals surface area contributed by atoms with Crippen molar-refractivity contribution in [2.24, 2.45) is 4.99 Å². The van der Waals surface area contributed by atoms with Crippen LogP contribution in [-0.2, 0) is 0 Å². The molecule has 0 spiro atoms. The third-order valence-corrected chi connectivity index (χ3v) is 6.13. The molecule has 0 aliphatic carbocycles. The molecule has 0 fully saturated rings. The van der Waals surface area contributed by atoms with Crippen LogP contribution in [0.4, 0.5) is 11.4 Å². The van der Waals surface area contributed by atoms with Crippen LogP contribution < -0.4 is 9.38 Å². The van der Waals surface area contributed by atoms with Gasteiger partial charge in [-0.3, -0.25) is 0 Å². The van der Waals surface area contributed by atoms with Crippen LogP contribution in [-0.4, -0.2) is 30.4 Å². The minimum absolute atomic E-state index is 0.302. The first-order chi connectivity index (χ1) is 12.0. The SMILES string of the molecule is CCN(CC)c1ccc(C2=C[N+]3(C)C(=N2)Sc2cc(O)ccc23)cc1. The first-order valence-electron chi connectivity index (χ1n) is 8.60. The molecule has 25 heavy (non-hydrogen) atoms. The lowest BCUT2D eigenvalue weighted by molar-refractivity contribution is 0.473. The summed E-state index contributed by atoms with van der Waals surface area (Å²) < 4.78 is 0.577. The molecule has 2 aromatic carbocycles. The van der Waals surface area contributed by atoms with Gasteiger partial charge in [-0.25, -0.2) is 4.48 Å². The van der Waals surface area contributed by atoms with Gasteiger partial charge < -0.3 is 10.0 Å². The summed E-state index contributed by atoms with van der Waals surface area (Å²) in [5.74, 6) is 0.302. The van der Waals surface area contributed by atoms with E-state index in [4.69, 9.17) is 4.99 Å². The lowest BCUT2D eigenvalue weighted by Gasteiger charge is -2.21. The molecule has 2 heterocycles. The van der Waals surface area contributed by atoms with Crippen LogP contribution in [0.2, 0.25) is 0 Å². The van der Waals surface area contributed by atoms with Crippen molar-refractivity contribution in [3.63, 3.8) is 0 Å². The molecule has 0 aromatic heterocycles. The fourth-order valence-corrected chi connectivity index (χ4v) is 4.69. The zero-order chi connectivity index (χ0) is 17.6. The molecule has 1 atom stereocenters. The van der Waals surface area contributed by atoms with Gasteiger partial charge in [-0.05, 0) is 43.8 Å². The van der Waals surface area contributed by atoms with E-state index in [2.05, 4.69) is 56.3 Å². The van der Waals surface area contributed by atoms with Crippen molar-refractivity contribution in [1.29, 1.82) is 0 Å². The van der Waals surface area contributed by atoms with E-state index in [0.29, 0.717) is 10.2 Å². The van der Waals surface area contributed by atoms with Crippen LogP contribution in [0.1, 0.15) is 19.4 Å². The summed E-state index contributed by atoms with van der Waals surface area (Å²) in [6.45, 7) is 6.37. The molecule has 2 aromatic rings. The van der Waals surface area contributed by atoms with Crippen molar-refractivity contribution in [3.05, 3.63) is 54.2 Å². The van der Waals surface area contributed by atoms with E-state index in [1.54, 1.807) is 17.8 Å². The van der Waals surface area contributed by atoms with Crippen molar-refractivity contribution in [2.45, 2.75) is 18.7 Å². The summed E-state index contributed by atoms with van der Waals surface area (Å²) in [6.07, 6.45) is 2.19. The molecule has 2 aliphatic heterocycles. The number of aliphatic imine (C=N–C) groups is 1. The van der Waals surface area contributed by atoms with Gasteiger partial charge in [-0.1, -0.05) is 12.1 Å². The molecule has 0 radical (unpaired) electrons. The summed E-state index contributed by atoms with van der Waals surface area (Å²) in [6, 6.07) is 14.2. The second kappa shape index (κ2) is 5.93. The highest BCUT2D eigenvalue weighted by molar-refractivity contribution is 8.14. The van der Waals surface area contributed by atoms with Gasteiger partial charge in [0.1, 0.15) is 17.6 Å². The van der Waals surface area contributed by atoms with Crippen LogP contribution in [0.5, 0.6) is 5.75 Å². The fraction of sp³-hybridized carbons (Fsp3) is 0.250. The topological polar surface area (TPSA) is 35.8 Å². The maximum Gasteiger partial charge on any atom is 0.279 e. The number of phenolic OH excluding ortho intramolecular Hbond substituents is 1. The van der Waals surface area contributed by atoms with E-state index < -0.39 is 0 Å². The van der Waals surface area contributed by atoms with Crippen LogP contribution in [0.15, 0.2) is 58.6 Å². The van der Waals surface area contributed by atoms with Crippen molar-refractivity contribution in [3.8, 4) is 5.75 Å². The molecule has 4 nitrogen and oxygen atoms in total. The molecule has 5 heteroatoms. The number of phenols is 1. The Kier molecular flexibility index (Phi) is 3.85. The van der Waals surface area contributed by atoms with Crippen molar-refractivity contribution in [2.75, 3.05) is 25.0 Å². The molecule has 0 saturated carbocycles. The Morgan fingerprint density at radius 3 is 2.48 bits per heavy atom. The number of thioether (sulfide) groups is 1. The standard InChI is InChI=1S/C20H21N3OS/c1-4-22(5-2)15-8-6-14(7-9-15)17-13-23(3)18-11-10-16(24)12-19(18)25-20(23)21-17/h6-13H,4-5H2,1-3H3/p+1. The second-order valence-electron chi connectivity index (χ2n) is 6.46. The molecule has 2 aliphatic rings. The molecule has 1 N–H and O–H groups in total. The first kappa shape index (κ1) is 16.2. The van der Waals surface area contributed by atoms with E-state index in [1.165, 1.54) is 5.69 Å². The number of hydrogen-bond donors (Lipinski definition) is 1. The Balaban J connectivity index is 1.67. The summed E-state index contributed by atoms with van der Waals surface area (Å²) in [4.78, 5) is 8.28. The van der Waals surface area contributed by atoms with Gasteiger partial charge in [0.05, 0.1) is 11.9 Å². The smallest absolute Gasteiger partial charge is 0.279 e. The fourth-order valence-electron chi connectivity index (χ4n) is 3.46. The van der Waals surface area contributed by atoms with Crippen LogP contribution in [0, 0.1) is 0 Å². The van der Waals surface area contributed by atoms with Crippen LogP contribution in [0.25, 0.3) is 5.70 Å². The Hall–Kier alpha value is -2.24. The number of anilines is 1. The lowest BCUT2D eigenvalue weighted by Crippen LogP contribution is -2.38. The summed E-state index contributed by atoms with van der Waals surface area (Å²) in [5, 5.41) is 10.7. The van der Waals surface area contributed by atoms with E-state index in [0.717, 1.165) is 40.1 Å².